The first-order valence-electron chi connectivity index (χ1n) is 14.9. The van der Waals surface area contributed by atoms with Gasteiger partial charge in [-0.05, 0) is 72.3 Å². The third-order valence-electron chi connectivity index (χ3n) is 10.0. The van der Waals surface area contributed by atoms with Gasteiger partial charge in [0, 0.05) is 39.1 Å². The minimum absolute atomic E-state index is 0.0222. The highest BCUT2D eigenvalue weighted by Gasteiger charge is 2.53. The predicted octanol–water partition coefficient (Wildman–Crippen LogP) is 7.99. The molecule has 4 aliphatic heterocycles. The first kappa shape index (κ1) is 24.0. The molecule has 0 aliphatic carbocycles. The van der Waals surface area contributed by atoms with Gasteiger partial charge in [-0.2, -0.15) is 0 Å². The Bertz CT molecular complexity index is 1990. The summed E-state index contributed by atoms with van der Waals surface area (Å²) in [5, 5.41) is 0. The van der Waals surface area contributed by atoms with E-state index in [1.807, 2.05) is 0 Å². The fourth-order valence-electron chi connectivity index (χ4n) is 8.14. The van der Waals surface area contributed by atoms with Crippen LogP contribution in [0.15, 0.2) is 127 Å². The molecule has 4 aliphatic rings. The van der Waals surface area contributed by atoms with Gasteiger partial charge in [-0.15, -0.1) is 0 Å². The Labute approximate surface area is 247 Å². The van der Waals surface area contributed by atoms with E-state index in [1.165, 1.54) is 56.1 Å². The maximum atomic E-state index is 7.10. The molecule has 0 bridgehead atoms. The number of anilines is 5. The number of allylic oxidation sites excluding steroid dienone is 1. The molecule has 4 heteroatoms. The average Bonchev–Trinajstić information content (AvgIpc) is 3.01. The fourth-order valence-corrected chi connectivity index (χ4v) is 8.14. The number of rotatable bonds is 1. The van der Waals surface area contributed by atoms with Gasteiger partial charge in [0.2, 0.25) is 0 Å². The standard InChI is InChI=1S/C38H31BN2O/c1-37(2)25-16-8-10-20-29(25)41-31-22-13-21-30-33(31)39(28-19-12-18-27(37)34(28)41)36-35(40(30)24-14-6-5-7-15-24)38(3,4)26-17-9-11-23-32(26)42-36/h5-23H,1-4H3. The predicted molar refractivity (Wildman–Crippen MR) is 174 cm³/mol. The highest BCUT2D eigenvalue weighted by atomic mass is 16.5. The molecule has 0 radical (unpaired) electrons. The van der Waals surface area contributed by atoms with Crippen molar-refractivity contribution in [2.75, 3.05) is 9.80 Å². The maximum Gasteiger partial charge on any atom is 0.296 e. The third kappa shape index (κ3) is 2.82. The highest BCUT2D eigenvalue weighted by molar-refractivity contribution is 6.95. The number of hydrogen-bond acceptors (Lipinski definition) is 3. The molecule has 5 aromatic carbocycles. The summed E-state index contributed by atoms with van der Waals surface area (Å²) < 4.78 is 7.10. The lowest BCUT2D eigenvalue weighted by Gasteiger charge is -2.52. The molecule has 0 fully saturated rings. The lowest BCUT2D eigenvalue weighted by molar-refractivity contribution is 0.391. The van der Waals surface area contributed by atoms with Crippen LogP contribution in [0.2, 0.25) is 0 Å². The van der Waals surface area contributed by atoms with E-state index < -0.39 is 0 Å². The molecule has 202 valence electrons. The normalized spacial score (nSPS) is 17.9. The molecule has 0 saturated carbocycles. The zero-order chi connectivity index (χ0) is 28.4. The van der Waals surface area contributed by atoms with Crippen molar-refractivity contribution in [2.24, 2.45) is 0 Å². The lowest BCUT2D eigenvalue weighted by atomic mass is 9.34. The van der Waals surface area contributed by atoms with Crippen LogP contribution in [-0.2, 0) is 10.8 Å². The van der Waals surface area contributed by atoms with E-state index in [0.29, 0.717) is 0 Å². The monoisotopic (exact) mass is 542 g/mol. The molecule has 0 spiro atoms. The number of ether oxygens (including phenoxy) is 1. The molecular formula is C38H31BN2O. The van der Waals surface area contributed by atoms with Crippen LogP contribution in [0.25, 0.3) is 0 Å². The second kappa shape index (κ2) is 7.98. The summed E-state index contributed by atoms with van der Waals surface area (Å²) in [6.07, 6.45) is 0. The Morgan fingerprint density at radius 1 is 0.548 bits per heavy atom. The van der Waals surface area contributed by atoms with Crippen molar-refractivity contribution in [3.05, 3.63) is 143 Å². The van der Waals surface area contributed by atoms with Crippen LogP contribution in [-0.4, -0.2) is 6.71 Å². The van der Waals surface area contributed by atoms with Gasteiger partial charge in [0.05, 0.1) is 17.0 Å². The summed E-state index contributed by atoms with van der Waals surface area (Å²) in [5.74, 6) is 0.952. The summed E-state index contributed by atoms with van der Waals surface area (Å²) in [4.78, 5) is 4.99. The van der Waals surface area contributed by atoms with Crippen LogP contribution in [0.5, 0.6) is 5.75 Å². The molecule has 0 N–H and O–H groups in total. The van der Waals surface area contributed by atoms with E-state index in [-0.39, 0.29) is 17.5 Å². The van der Waals surface area contributed by atoms with E-state index in [0.717, 1.165) is 17.1 Å². The molecule has 42 heavy (non-hydrogen) atoms. The number of hydrogen-bond donors (Lipinski definition) is 0. The van der Waals surface area contributed by atoms with Crippen LogP contribution in [0.1, 0.15) is 44.4 Å². The zero-order valence-electron chi connectivity index (χ0n) is 24.3. The maximum absolute atomic E-state index is 7.10. The van der Waals surface area contributed by atoms with Crippen molar-refractivity contribution in [1.29, 1.82) is 0 Å². The highest BCUT2D eigenvalue weighted by Crippen LogP contribution is 2.56. The zero-order valence-corrected chi connectivity index (χ0v) is 24.3. The molecule has 0 atom stereocenters. The van der Waals surface area contributed by atoms with Gasteiger partial charge in [0.1, 0.15) is 5.75 Å². The van der Waals surface area contributed by atoms with Gasteiger partial charge < -0.3 is 14.5 Å². The summed E-state index contributed by atoms with van der Waals surface area (Å²) in [6, 6.07) is 42.0. The molecule has 3 nitrogen and oxygen atoms in total. The van der Waals surface area contributed by atoms with E-state index in [1.54, 1.807) is 0 Å². The summed E-state index contributed by atoms with van der Waals surface area (Å²) in [7, 11) is 0. The van der Waals surface area contributed by atoms with Crippen LogP contribution < -0.4 is 25.5 Å². The van der Waals surface area contributed by atoms with Crippen molar-refractivity contribution in [3.63, 3.8) is 0 Å². The molecule has 9 rings (SSSR count). The summed E-state index contributed by atoms with van der Waals surface area (Å²) in [6.45, 7) is 9.41. The van der Waals surface area contributed by atoms with E-state index in [2.05, 4.69) is 153 Å². The van der Waals surface area contributed by atoms with Crippen molar-refractivity contribution in [3.8, 4) is 5.75 Å². The lowest BCUT2D eigenvalue weighted by Crippen LogP contribution is -2.60. The van der Waals surface area contributed by atoms with E-state index in [4.69, 9.17) is 4.74 Å². The second-order valence-electron chi connectivity index (χ2n) is 13.0. The molecule has 0 unspecified atom stereocenters. The van der Waals surface area contributed by atoms with Crippen molar-refractivity contribution >= 4 is 46.1 Å². The number of nitrogens with zero attached hydrogens (tertiary/aromatic N) is 2. The number of fused-ring (bicyclic) bond motifs is 6. The van der Waals surface area contributed by atoms with E-state index in [9.17, 15) is 0 Å². The smallest absolute Gasteiger partial charge is 0.296 e. The largest absolute Gasteiger partial charge is 0.469 e. The first-order chi connectivity index (χ1) is 20.4. The third-order valence-corrected chi connectivity index (χ3v) is 10.0. The Kier molecular flexibility index (Phi) is 4.55. The Balaban J connectivity index is 1.43. The van der Waals surface area contributed by atoms with Gasteiger partial charge >= 0.3 is 0 Å². The van der Waals surface area contributed by atoms with Gasteiger partial charge in [-0.25, -0.2) is 0 Å². The molecule has 0 saturated heterocycles. The van der Waals surface area contributed by atoms with Gasteiger partial charge in [-0.1, -0.05) is 92.7 Å². The van der Waals surface area contributed by atoms with Crippen molar-refractivity contribution in [2.45, 2.75) is 38.5 Å². The minimum atomic E-state index is -0.286. The van der Waals surface area contributed by atoms with Gasteiger partial charge in [-0.3, -0.25) is 0 Å². The average molecular weight is 542 g/mol. The SMILES string of the molecule is CC1(C)C2=C(Oc3ccccc31)B1c3cccc4c3N(c3ccccc3C4(C)C)c3cccc(c31)N2c1ccccc1. The van der Waals surface area contributed by atoms with Crippen LogP contribution in [0.4, 0.5) is 28.4 Å². The van der Waals surface area contributed by atoms with E-state index >= 15 is 0 Å². The first-order valence-corrected chi connectivity index (χ1v) is 14.9. The summed E-state index contributed by atoms with van der Waals surface area (Å²) >= 11 is 0. The Hall–Kier alpha value is -4.70. The van der Waals surface area contributed by atoms with Gasteiger partial charge in [0.15, 0.2) is 0 Å². The van der Waals surface area contributed by atoms with Crippen molar-refractivity contribution < 1.29 is 4.74 Å². The molecule has 5 aromatic rings. The second-order valence-corrected chi connectivity index (χ2v) is 13.0. The number of para-hydroxylation sites is 4. The number of benzene rings is 5. The molecular weight excluding hydrogens is 511 g/mol. The molecule has 0 amide bonds. The minimum Gasteiger partial charge on any atom is -0.469 e. The van der Waals surface area contributed by atoms with Crippen LogP contribution in [0, 0.1) is 0 Å². The van der Waals surface area contributed by atoms with Crippen LogP contribution in [0.3, 0.4) is 0 Å². The molecule has 0 aromatic heterocycles. The van der Waals surface area contributed by atoms with Crippen molar-refractivity contribution in [1.82, 2.24) is 0 Å². The summed E-state index contributed by atoms with van der Waals surface area (Å²) in [5.41, 5.74) is 14.5. The van der Waals surface area contributed by atoms with Crippen LogP contribution >= 0.6 is 0 Å². The Morgan fingerprint density at radius 3 is 1.98 bits per heavy atom. The van der Waals surface area contributed by atoms with Gasteiger partial charge in [0.25, 0.3) is 6.71 Å². The quantitative estimate of drug-likeness (QED) is 0.200. The molecule has 4 heterocycles. The Morgan fingerprint density at radius 2 is 1.17 bits per heavy atom. The fraction of sp³-hybridized carbons (Fsp3) is 0.158. The topological polar surface area (TPSA) is 15.7 Å².